The molecule has 2 atom stereocenters. The van der Waals surface area contributed by atoms with E-state index in [-0.39, 0.29) is 55.9 Å². The van der Waals surface area contributed by atoms with Crippen LogP contribution in [0.25, 0.3) is 54.4 Å². The SMILES string of the molecule is C=C1COc2ccc(C)cc2N1CCCC(=O)Nc1ccccc1C(F)(F)F.CC(F)(F)c1[nH]c2ccccc2[n+]1C[C@@H](O)COc1cccc2ccccc12.CCc1nc2ccccc2n1C[C@@H](O)COc1cccc2ccccc12.O=C(Cc1cccc2ccccc12)Nc1cccc(C(=O)N2CCOCC2)c1. The topological polar surface area (TPSA) is 197 Å². The largest absolute Gasteiger partial charge is 0.490 e. The number of halogens is 5. The van der Waals surface area contributed by atoms with Gasteiger partial charge in [0.25, 0.3) is 5.91 Å². The van der Waals surface area contributed by atoms with E-state index in [0.717, 1.165) is 103 Å². The van der Waals surface area contributed by atoms with Gasteiger partial charge in [0.2, 0.25) is 11.8 Å². The minimum absolute atomic E-state index is 0.00472. The number of amides is 3. The average Bonchev–Trinajstić information content (AvgIpc) is 1.56. The highest BCUT2D eigenvalue weighted by atomic mass is 19.4. The fourth-order valence-corrected chi connectivity index (χ4v) is 13.4. The number of carbonyl (C=O) groups excluding carboxylic acids is 3. The summed E-state index contributed by atoms with van der Waals surface area (Å²) in [6, 6.07) is 74.6. The normalized spacial score (nSPS) is 13.4. The number of anilines is 3. The van der Waals surface area contributed by atoms with Crippen molar-refractivity contribution in [3.05, 3.63) is 289 Å². The molecule has 0 radical (unpaired) electrons. The van der Waals surface area contributed by atoms with Crippen molar-refractivity contribution in [2.75, 3.05) is 68.2 Å². The fourth-order valence-electron chi connectivity index (χ4n) is 13.4. The van der Waals surface area contributed by atoms with Gasteiger partial charge in [0.05, 0.1) is 54.2 Å². The number of aromatic amines is 1. The van der Waals surface area contributed by atoms with Crippen molar-refractivity contribution < 1.29 is 70.1 Å². The number of fused-ring (bicyclic) bond motifs is 6. The smallest absolute Gasteiger partial charge is 0.418 e. The Balaban J connectivity index is 0.000000137. The molecule has 4 heterocycles. The van der Waals surface area contributed by atoms with Crippen LogP contribution in [0.15, 0.2) is 255 Å². The molecule has 0 unspecified atom stereocenters. The molecule has 1 saturated heterocycles. The van der Waals surface area contributed by atoms with Crippen LogP contribution < -0.4 is 34.3 Å². The molecule has 0 bridgehead atoms. The molecular weight excluding hydrogens is 1410 g/mol. The zero-order valence-corrected chi connectivity index (χ0v) is 61.2. The van der Waals surface area contributed by atoms with Gasteiger partial charge >= 0.3 is 17.9 Å². The second kappa shape index (κ2) is 35.8. The fraction of sp³-hybridized carbons (Fsp3) is 0.239. The molecule has 2 aromatic heterocycles. The van der Waals surface area contributed by atoms with Gasteiger partial charge < -0.3 is 54.2 Å². The van der Waals surface area contributed by atoms with E-state index in [9.17, 15) is 46.5 Å². The lowest BCUT2D eigenvalue weighted by Crippen LogP contribution is -2.47. The van der Waals surface area contributed by atoms with Crippen molar-refractivity contribution in [1.29, 1.82) is 0 Å². The van der Waals surface area contributed by atoms with Crippen LogP contribution in [0.2, 0.25) is 0 Å². The Morgan fingerprint density at radius 1 is 0.664 bits per heavy atom. The highest BCUT2D eigenvalue weighted by Gasteiger charge is 2.39. The van der Waals surface area contributed by atoms with Crippen LogP contribution in [0.5, 0.6) is 17.2 Å². The Bertz CT molecular complexity index is 5370. The number of para-hydroxylation sites is 5. The highest BCUT2D eigenvalue weighted by molar-refractivity contribution is 5.99. The number of hydrogen-bond donors (Lipinski definition) is 5. The number of benzene rings is 11. The predicted molar refractivity (Wildman–Crippen MR) is 420 cm³/mol. The number of aliphatic hydroxyl groups excluding tert-OH is 2. The summed E-state index contributed by atoms with van der Waals surface area (Å²) in [5.74, 6) is -0.707. The standard InChI is InChI=1S/C23H22N2O3.C22H20F2N2O2.C22H22N2O2.C21H21F3N2O2/c26-22(16-18-7-3-6-17-5-1-2-10-21(17)18)24-20-9-4-8-19(15-20)23(27)25-11-13-28-14-12-25;1-22(23,24)21-25-18-10-4-5-11-19(18)26(21)13-16(27)14-28-20-12-6-8-15-7-2-3-9-17(15)20;1-2-22-23-19-11-5-6-12-20(19)24(22)14-17(25)15-26-21-13-7-9-16-8-3-4-10-18(16)21;1-14-9-10-19-18(12-14)26(15(2)13-28-19)11-5-8-20(27)25-17-7-4-3-6-16(17)21(22,23)24/h1-10,15H,11-14,16H2,(H,24,26);2-12,16,27H,13-14H2,1H3;3-13,17,25H,2,14-15H2,1H3;3-4,6-7,9-10,12H,2,5,8,11,13H2,1H3,(H,25,27)/p+1/t;16-;17-;/m.11./s1. The summed E-state index contributed by atoms with van der Waals surface area (Å²) in [7, 11) is 0. The summed E-state index contributed by atoms with van der Waals surface area (Å²) in [6.45, 7) is 12.8. The number of aromatic nitrogens is 4. The van der Waals surface area contributed by atoms with E-state index in [1.807, 2.05) is 170 Å². The molecule has 0 spiro atoms. The maximum absolute atomic E-state index is 14.1. The van der Waals surface area contributed by atoms with Crippen LogP contribution in [0, 0.1) is 6.92 Å². The molecule has 566 valence electrons. The number of imidazole rings is 2. The maximum Gasteiger partial charge on any atom is 0.418 e. The lowest BCUT2D eigenvalue weighted by Gasteiger charge is -2.33. The Morgan fingerprint density at radius 2 is 1.26 bits per heavy atom. The third-order valence-corrected chi connectivity index (χ3v) is 18.7. The van der Waals surface area contributed by atoms with Crippen LogP contribution >= 0.6 is 0 Å². The number of carbonyl (C=O) groups is 3. The van der Waals surface area contributed by atoms with Crippen molar-refractivity contribution in [3.8, 4) is 17.2 Å². The van der Waals surface area contributed by atoms with Gasteiger partial charge in [-0.3, -0.25) is 14.4 Å². The first-order valence-electron chi connectivity index (χ1n) is 36.4. The van der Waals surface area contributed by atoms with Gasteiger partial charge in [0.1, 0.15) is 61.6 Å². The molecule has 0 saturated carbocycles. The summed E-state index contributed by atoms with van der Waals surface area (Å²) in [5.41, 5.74) is 7.07. The molecular formula is C88H86F5N8O9+. The van der Waals surface area contributed by atoms with Crippen LogP contribution in [0.1, 0.15) is 65.4 Å². The van der Waals surface area contributed by atoms with Gasteiger partial charge in [-0.05, 0) is 125 Å². The molecule has 2 aliphatic rings. The minimum atomic E-state index is -4.52. The molecule has 11 aromatic carbocycles. The Hall–Kier alpha value is -12.0. The van der Waals surface area contributed by atoms with Gasteiger partial charge in [-0.15, -0.1) is 0 Å². The zero-order valence-electron chi connectivity index (χ0n) is 61.2. The molecule has 3 amide bonds. The van der Waals surface area contributed by atoms with Crippen LogP contribution in [0.3, 0.4) is 0 Å². The van der Waals surface area contributed by atoms with Crippen molar-refractivity contribution in [1.82, 2.24) is 19.4 Å². The quantitative estimate of drug-likeness (QED) is 0.0339. The number of ether oxygens (including phenoxy) is 4. The summed E-state index contributed by atoms with van der Waals surface area (Å²) in [4.78, 5) is 48.6. The number of morpholine rings is 1. The first-order chi connectivity index (χ1) is 53.1. The van der Waals surface area contributed by atoms with E-state index in [2.05, 4.69) is 50.8 Å². The molecule has 1 fully saturated rings. The summed E-state index contributed by atoms with van der Waals surface area (Å²) in [6.07, 6.45) is -4.42. The summed E-state index contributed by atoms with van der Waals surface area (Å²) < 4.78 is 93.4. The Kier molecular flexibility index (Phi) is 25.3. The third kappa shape index (κ3) is 19.7. The number of aryl methyl sites for hydroxylation is 2. The summed E-state index contributed by atoms with van der Waals surface area (Å²) in [5, 5.41) is 32.7. The van der Waals surface area contributed by atoms with E-state index in [1.54, 1.807) is 53.4 Å². The van der Waals surface area contributed by atoms with E-state index < -0.39 is 35.8 Å². The maximum atomic E-state index is 14.1. The van der Waals surface area contributed by atoms with Gasteiger partial charge in [-0.25, -0.2) is 14.5 Å². The molecule has 0 aliphatic carbocycles. The predicted octanol–water partition coefficient (Wildman–Crippen LogP) is 17.0. The lowest BCUT2D eigenvalue weighted by atomic mass is 10.0. The second-order valence-electron chi connectivity index (χ2n) is 26.9. The van der Waals surface area contributed by atoms with E-state index >= 15 is 0 Å². The van der Waals surface area contributed by atoms with Crippen LogP contribution in [-0.4, -0.2) is 112 Å². The number of aliphatic hydroxyl groups is 2. The first-order valence-corrected chi connectivity index (χ1v) is 36.4. The van der Waals surface area contributed by atoms with Crippen LogP contribution in [0.4, 0.5) is 39.0 Å². The van der Waals surface area contributed by atoms with E-state index in [4.69, 9.17) is 18.9 Å². The van der Waals surface area contributed by atoms with Gasteiger partial charge in [0, 0.05) is 67.1 Å². The molecule has 13 aromatic rings. The third-order valence-electron chi connectivity index (χ3n) is 18.7. The minimum Gasteiger partial charge on any atom is -0.490 e. The monoisotopic (exact) mass is 1490 g/mol. The molecule has 2 aliphatic heterocycles. The Morgan fingerprint density at radius 3 is 1.95 bits per heavy atom. The highest BCUT2D eigenvalue weighted by Crippen LogP contribution is 2.38. The molecule has 17 nitrogen and oxygen atoms in total. The zero-order chi connectivity index (χ0) is 77.3. The average molecular weight is 1490 g/mol. The molecule has 5 N–H and O–H groups in total. The van der Waals surface area contributed by atoms with Gasteiger partial charge in [0.15, 0.2) is 11.0 Å². The Labute approximate surface area is 633 Å². The van der Waals surface area contributed by atoms with Gasteiger partial charge in [-0.1, -0.05) is 177 Å². The number of alkyl halides is 5. The van der Waals surface area contributed by atoms with Crippen molar-refractivity contribution in [2.24, 2.45) is 0 Å². The summed E-state index contributed by atoms with van der Waals surface area (Å²) >= 11 is 0. The van der Waals surface area contributed by atoms with Crippen molar-refractivity contribution >= 4 is 89.2 Å². The molecule has 15 rings (SSSR count). The number of rotatable bonds is 21. The first kappa shape index (κ1) is 77.6. The van der Waals surface area contributed by atoms with Crippen molar-refractivity contribution in [2.45, 2.75) is 83.9 Å². The lowest BCUT2D eigenvalue weighted by molar-refractivity contribution is -0.694. The van der Waals surface area contributed by atoms with Crippen molar-refractivity contribution in [3.63, 3.8) is 0 Å². The van der Waals surface area contributed by atoms with E-state index in [0.29, 0.717) is 80.5 Å². The van der Waals surface area contributed by atoms with Crippen LogP contribution in [-0.2, 0) is 52.4 Å². The number of nitrogens with one attached hydrogen (secondary N) is 3. The molecule has 110 heavy (non-hydrogen) atoms. The van der Waals surface area contributed by atoms with E-state index in [1.165, 1.54) is 22.8 Å². The molecule has 22 heteroatoms. The number of nitrogens with zero attached hydrogens (tertiary/aromatic N) is 5. The second-order valence-corrected chi connectivity index (χ2v) is 26.9. The number of H-pyrrole nitrogens is 1. The number of hydrogen-bond acceptors (Lipinski definition) is 11. The van der Waals surface area contributed by atoms with Gasteiger partial charge in [-0.2, -0.15) is 22.0 Å².